The smallest absolute Gasteiger partial charge is 0.277 e. The Hall–Kier alpha value is -2.82. The highest BCUT2D eigenvalue weighted by Crippen LogP contribution is 2.19. The predicted octanol–water partition coefficient (Wildman–Crippen LogP) is 2.74. The van der Waals surface area contributed by atoms with Crippen molar-refractivity contribution in [2.45, 2.75) is 19.3 Å². The van der Waals surface area contributed by atoms with Crippen molar-refractivity contribution in [2.24, 2.45) is 5.10 Å². The van der Waals surface area contributed by atoms with Crippen LogP contribution in [0.5, 0.6) is 11.5 Å². The van der Waals surface area contributed by atoms with E-state index in [4.69, 9.17) is 9.47 Å². The third kappa shape index (κ3) is 4.13. The maximum absolute atomic E-state index is 11.9. The van der Waals surface area contributed by atoms with E-state index < -0.39 is 0 Å². The summed E-state index contributed by atoms with van der Waals surface area (Å²) >= 11 is 0. The van der Waals surface area contributed by atoms with Crippen molar-refractivity contribution in [3.63, 3.8) is 0 Å². The summed E-state index contributed by atoms with van der Waals surface area (Å²) in [5, 5.41) is 4.24. The van der Waals surface area contributed by atoms with Gasteiger partial charge in [0.2, 0.25) is 0 Å². The number of ether oxygens (including phenoxy) is 2. The number of benzene rings is 2. The van der Waals surface area contributed by atoms with Crippen molar-refractivity contribution in [3.8, 4) is 11.5 Å². The SMILES string of the molecule is COc1ccc(OCC(=O)N/N=C2/CCc3ccccc3C2)cc1. The highest BCUT2D eigenvalue weighted by molar-refractivity contribution is 5.90. The maximum atomic E-state index is 11.9. The molecule has 2 aromatic carbocycles. The van der Waals surface area contributed by atoms with Crippen molar-refractivity contribution in [1.29, 1.82) is 0 Å². The normalized spacial score (nSPS) is 14.8. The number of amides is 1. The zero-order valence-electron chi connectivity index (χ0n) is 13.6. The summed E-state index contributed by atoms with van der Waals surface area (Å²) in [6.07, 6.45) is 2.62. The van der Waals surface area contributed by atoms with E-state index in [1.807, 2.05) is 6.07 Å². The summed E-state index contributed by atoms with van der Waals surface area (Å²) in [7, 11) is 1.60. The Morgan fingerprint density at radius 3 is 2.50 bits per heavy atom. The van der Waals surface area contributed by atoms with Gasteiger partial charge in [-0.1, -0.05) is 24.3 Å². The lowest BCUT2D eigenvalue weighted by Gasteiger charge is -2.17. The van der Waals surface area contributed by atoms with Gasteiger partial charge in [-0.2, -0.15) is 5.10 Å². The minimum absolute atomic E-state index is 0.0697. The Labute approximate surface area is 141 Å². The van der Waals surface area contributed by atoms with Crippen LogP contribution in [0.4, 0.5) is 0 Å². The molecule has 0 bridgehead atoms. The van der Waals surface area contributed by atoms with E-state index in [2.05, 4.69) is 28.7 Å². The Morgan fingerprint density at radius 1 is 1.04 bits per heavy atom. The molecule has 0 aliphatic heterocycles. The van der Waals surface area contributed by atoms with Gasteiger partial charge >= 0.3 is 0 Å². The van der Waals surface area contributed by atoms with E-state index in [0.29, 0.717) is 5.75 Å². The van der Waals surface area contributed by atoms with Crippen molar-refractivity contribution < 1.29 is 14.3 Å². The number of hydrogen-bond donors (Lipinski definition) is 1. The fourth-order valence-electron chi connectivity index (χ4n) is 2.65. The summed E-state index contributed by atoms with van der Waals surface area (Å²) in [5.74, 6) is 1.10. The number of carbonyl (C=O) groups is 1. The van der Waals surface area contributed by atoms with Crippen LogP contribution >= 0.6 is 0 Å². The highest BCUT2D eigenvalue weighted by atomic mass is 16.5. The molecule has 2 aromatic rings. The first kappa shape index (κ1) is 16.1. The Bertz CT molecular complexity index is 739. The topological polar surface area (TPSA) is 59.9 Å². The predicted molar refractivity (Wildman–Crippen MR) is 92.5 cm³/mol. The molecule has 0 heterocycles. The molecule has 1 amide bonds. The number of hydrogen-bond acceptors (Lipinski definition) is 4. The molecule has 0 radical (unpaired) electrons. The average molecular weight is 324 g/mol. The minimum atomic E-state index is -0.267. The molecule has 0 atom stereocenters. The van der Waals surface area contributed by atoms with Gasteiger partial charge in [-0.25, -0.2) is 5.43 Å². The molecule has 0 unspecified atom stereocenters. The van der Waals surface area contributed by atoms with Crippen molar-refractivity contribution in [3.05, 3.63) is 59.7 Å². The first-order chi connectivity index (χ1) is 11.7. The molecule has 1 aliphatic rings. The number of hydrazone groups is 1. The Morgan fingerprint density at radius 2 is 1.75 bits per heavy atom. The van der Waals surface area contributed by atoms with Crippen LogP contribution in [0.3, 0.4) is 0 Å². The second kappa shape index (κ2) is 7.64. The first-order valence-corrected chi connectivity index (χ1v) is 7.92. The monoisotopic (exact) mass is 324 g/mol. The van der Waals surface area contributed by atoms with Gasteiger partial charge in [0, 0.05) is 12.1 Å². The molecular formula is C19H20N2O3. The van der Waals surface area contributed by atoms with E-state index >= 15 is 0 Å². The Kier molecular flexibility index (Phi) is 5.11. The molecule has 5 heteroatoms. The number of nitrogens with one attached hydrogen (secondary N) is 1. The van der Waals surface area contributed by atoms with Crippen LogP contribution < -0.4 is 14.9 Å². The zero-order chi connectivity index (χ0) is 16.8. The molecule has 1 aliphatic carbocycles. The number of methoxy groups -OCH3 is 1. The number of rotatable bonds is 5. The molecule has 24 heavy (non-hydrogen) atoms. The number of carbonyl (C=O) groups excluding carboxylic acids is 1. The van der Waals surface area contributed by atoms with Gasteiger partial charge in [-0.3, -0.25) is 4.79 Å². The van der Waals surface area contributed by atoms with Crippen LogP contribution in [-0.4, -0.2) is 25.3 Å². The molecule has 0 spiro atoms. The summed E-state index contributed by atoms with van der Waals surface area (Å²) in [6, 6.07) is 15.4. The molecular weight excluding hydrogens is 304 g/mol. The molecule has 124 valence electrons. The molecule has 0 fully saturated rings. The molecule has 0 saturated carbocycles. The summed E-state index contributed by atoms with van der Waals surface area (Å²) in [5.41, 5.74) is 6.22. The minimum Gasteiger partial charge on any atom is -0.497 e. The fourth-order valence-corrected chi connectivity index (χ4v) is 2.65. The van der Waals surface area contributed by atoms with Crippen LogP contribution in [0.1, 0.15) is 17.5 Å². The summed E-state index contributed by atoms with van der Waals surface area (Å²) < 4.78 is 10.5. The van der Waals surface area contributed by atoms with E-state index in [-0.39, 0.29) is 12.5 Å². The number of fused-ring (bicyclic) bond motifs is 1. The lowest BCUT2D eigenvalue weighted by molar-refractivity contribution is -0.123. The van der Waals surface area contributed by atoms with Crippen LogP contribution in [0, 0.1) is 0 Å². The molecule has 1 N–H and O–H groups in total. The molecule has 5 nitrogen and oxygen atoms in total. The highest BCUT2D eigenvalue weighted by Gasteiger charge is 2.13. The summed E-state index contributed by atoms with van der Waals surface area (Å²) in [4.78, 5) is 11.9. The van der Waals surface area contributed by atoms with Crippen LogP contribution in [0.25, 0.3) is 0 Å². The third-order valence-corrected chi connectivity index (χ3v) is 3.96. The number of nitrogens with zero attached hydrogens (tertiary/aromatic N) is 1. The fraction of sp³-hybridized carbons (Fsp3) is 0.263. The largest absolute Gasteiger partial charge is 0.497 e. The molecule has 0 saturated heterocycles. The maximum Gasteiger partial charge on any atom is 0.277 e. The van der Waals surface area contributed by atoms with Gasteiger partial charge in [0.25, 0.3) is 5.91 Å². The van der Waals surface area contributed by atoms with Gasteiger partial charge in [0.1, 0.15) is 11.5 Å². The average Bonchev–Trinajstić information content (AvgIpc) is 2.65. The van der Waals surface area contributed by atoms with Gasteiger partial charge in [0.15, 0.2) is 6.61 Å². The van der Waals surface area contributed by atoms with E-state index in [9.17, 15) is 4.79 Å². The molecule has 0 aromatic heterocycles. The van der Waals surface area contributed by atoms with Crippen LogP contribution in [0.2, 0.25) is 0 Å². The second-order valence-corrected chi connectivity index (χ2v) is 5.62. The zero-order valence-corrected chi connectivity index (χ0v) is 13.6. The van der Waals surface area contributed by atoms with Crippen molar-refractivity contribution >= 4 is 11.6 Å². The van der Waals surface area contributed by atoms with Gasteiger partial charge in [-0.15, -0.1) is 0 Å². The van der Waals surface area contributed by atoms with E-state index in [0.717, 1.165) is 30.7 Å². The quantitative estimate of drug-likeness (QED) is 0.860. The Balaban J connectivity index is 1.48. The van der Waals surface area contributed by atoms with Gasteiger partial charge in [0.05, 0.1) is 7.11 Å². The third-order valence-electron chi connectivity index (χ3n) is 3.96. The van der Waals surface area contributed by atoms with E-state index in [1.54, 1.807) is 31.4 Å². The number of aryl methyl sites for hydroxylation is 1. The lowest BCUT2D eigenvalue weighted by Crippen LogP contribution is -2.27. The van der Waals surface area contributed by atoms with Crippen molar-refractivity contribution in [1.82, 2.24) is 5.43 Å². The van der Waals surface area contributed by atoms with Crippen LogP contribution in [0.15, 0.2) is 53.6 Å². The van der Waals surface area contributed by atoms with E-state index in [1.165, 1.54) is 11.1 Å². The van der Waals surface area contributed by atoms with Gasteiger partial charge < -0.3 is 9.47 Å². The van der Waals surface area contributed by atoms with Crippen molar-refractivity contribution in [2.75, 3.05) is 13.7 Å². The van der Waals surface area contributed by atoms with Crippen LogP contribution in [-0.2, 0) is 17.6 Å². The second-order valence-electron chi connectivity index (χ2n) is 5.62. The standard InChI is InChI=1S/C19H20N2O3/c1-23-17-8-10-18(11-9-17)24-13-19(22)21-20-16-7-6-14-4-2-3-5-15(14)12-16/h2-5,8-11H,6-7,12-13H2,1H3,(H,21,22)/b20-16-. The molecule has 3 rings (SSSR count). The first-order valence-electron chi connectivity index (χ1n) is 7.92. The summed E-state index contributed by atoms with van der Waals surface area (Å²) in [6.45, 7) is -0.0697. The van der Waals surface area contributed by atoms with Gasteiger partial charge in [-0.05, 0) is 48.2 Å². The lowest BCUT2D eigenvalue weighted by atomic mass is 9.90.